The Morgan fingerprint density at radius 2 is 1.53 bits per heavy atom. The predicted molar refractivity (Wildman–Crippen MR) is 129 cm³/mol. The molecule has 3 aromatic rings. The molecule has 1 aliphatic heterocycles. The summed E-state index contributed by atoms with van der Waals surface area (Å²) in [6.45, 7) is 0.822. The number of nitrogens with zero attached hydrogens (tertiary/aromatic N) is 2. The Morgan fingerprint density at radius 1 is 0.974 bits per heavy atom. The summed E-state index contributed by atoms with van der Waals surface area (Å²) in [4.78, 5) is 11.7. The number of aryl methyl sites for hydroxylation is 1. The van der Waals surface area contributed by atoms with Crippen LogP contribution in [0.2, 0.25) is 0 Å². The molecular weight excluding hydrogens is 515 g/mol. The van der Waals surface area contributed by atoms with Gasteiger partial charge in [-0.2, -0.15) is 22.7 Å². The van der Waals surface area contributed by atoms with E-state index < -0.39 is 48.8 Å². The second-order valence-corrected chi connectivity index (χ2v) is 9.59. The van der Waals surface area contributed by atoms with Gasteiger partial charge in [-0.1, -0.05) is 0 Å². The maximum absolute atomic E-state index is 13.5. The van der Waals surface area contributed by atoms with Crippen molar-refractivity contribution in [3.8, 4) is 28.5 Å². The van der Waals surface area contributed by atoms with Crippen LogP contribution in [0.15, 0.2) is 24.3 Å². The van der Waals surface area contributed by atoms with Crippen molar-refractivity contribution in [2.45, 2.75) is 52.1 Å². The molecule has 0 unspecified atom stereocenters. The van der Waals surface area contributed by atoms with Crippen LogP contribution < -0.4 is 19.7 Å². The van der Waals surface area contributed by atoms with Gasteiger partial charge < -0.3 is 28.6 Å². The van der Waals surface area contributed by atoms with Crippen molar-refractivity contribution < 1.29 is 51.0 Å². The first kappa shape index (κ1) is 27.5. The smallest absolute Gasteiger partial charge is 0.495 e. The van der Waals surface area contributed by atoms with Crippen LogP contribution >= 0.6 is 0 Å². The lowest BCUT2D eigenvalue weighted by Gasteiger charge is -2.32. The summed E-state index contributed by atoms with van der Waals surface area (Å²) in [5.74, 6) is -2.80. The van der Waals surface area contributed by atoms with E-state index in [1.165, 1.54) is 23.9 Å². The minimum absolute atomic E-state index is 0.106. The van der Waals surface area contributed by atoms with E-state index in [0.717, 1.165) is 13.2 Å². The highest BCUT2D eigenvalue weighted by atomic mass is 19.3. The summed E-state index contributed by atoms with van der Waals surface area (Å²) in [5, 5.41) is 14.1. The Labute approximate surface area is 215 Å². The molecule has 0 spiro atoms. The number of carboxylic acids is 1. The average Bonchev–Trinajstić information content (AvgIpc) is 3.23. The van der Waals surface area contributed by atoms with E-state index in [0.29, 0.717) is 5.46 Å². The number of carbonyl (C=O) groups is 1. The molecule has 0 bridgehead atoms. The number of alkyl halides is 4. The first-order valence-corrected chi connectivity index (χ1v) is 11.4. The fourth-order valence-electron chi connectivity index (χ4n) is 4.23. The van der Waals surface area contributed by atoms with E-state index in [-0.39, 0.29) is 33.7 Å². The van der Waals surface area contributed by atoms with E-state index in [1.54, 1.807) is 6.07 Å². The molecule has 1 fully saturated rings. The van der Waals surface area contributed by atoms with Crippen molar-refractivity contribution in [3.63, 3.8) is 0 Å². The van der Waals surface area contributed by atoms with Gasteiger partial charge >= 0.3 is 26.3 Å². The van der Waals surface area contributed by atoms with Gasteiger partial charge in [0.1, 0.15) is 22.8 Å². The highest BCUT2D eigenvalue weighted by Crippen LogP contribution is 2.42. The van der Waals surface area contributed by atoms with Crippen LogP contribution in [0, 0.1) is 0 Å². The molecule has 1 N–H and O–H groups in total. The highest BCUT2D eigenvalue weighted by molar-refractivity contribution is 6.62. The lowest BCUT2D eigenvalue weighted by Crippen LogP contribution is -2.41. The number of methoxy groups -OCH3 is 1. The Morgan fingerprint density at radius 3 is 2.05 bits per heavy atom. The number of benzene rings is 2. The molecule has 1 aliphatic rings. The summed E-state index contributed by atoms with van der Waals surface area (Å²) in [6, 6.07) is 5.22. The zero-order valence-corrected chi connectivity index (χ0v) is 21.3. The molecule has 0 aliphatic carbocycles. The van der Waals surface area contributed by atoms with Gasteiger partial charge in [-0.15, -0.1) is 0 Å². The normalized spacial score (nSPS) is 16.5. The largest absolute Gasteiger partial charge is 0.496 e. The standard InChI is InChI=1S/C24H25BF4N2O7/c1-23(2)24(3,4)38-25(37-23)12-9-13-17(16(10-12)36-22(28)29)19(31(5)30-13)11-7-14(34-6)18(20(32)33)15(8-11)35-21(26)27/h7-10,21-22H,1-6H3,(H,32,33). The van der Waals surface area contributed by atoms with Gasteiger partial charge in [-0.3, -0.25) is 4.68 Å². The van der Waals surface area contributed by atoms with Gasteiger partial charge in [0.25, 0.3) is 0 Å². The summed E-state index contributed by atoms with van der Waals surface area (Å²) >= 11 is 0. The topological polar surface area (TPSA) is 101 Å². The molecule has 14 heteroatoms. The van der Waals surface area contributed by atoms with E-state index >= 15 is 0 Å². The first-order chi connectivity index (χ1) is 17.6. The maximum atomic E-state index is 13.5. The average molecular weight is 540 g/mol. The first-order valence-electron chi connectivity index (χ1n) is 11.4. The van der Waals surface area contributed by atoms with Gasteiger partial charge in [-0.05, 0) is 57.4 Å². The summed E-state index contributed by atoms with van der Waals surface area (Å²) < 4.78 is 81.1. The van der Waals surface area contributed by atoms with Crippen LogP contribution in [0.4, 0.5) is 17.6 Å². The summed E-state index contributed by atoms with van der Waals surface area (Å²) in [7, 11) is 1.75. The number of fused-ring (bicyclic) bond motifs is 1. The summed E-state index contributed by atoms with van der Waals surface area (Å²) in [5.41, 5.74) is -1.18. The fraction of sp³-hybridized carbons (Fsp3) is 0.417. The van der Waals surface area contributed by atoms with E-state index in [1.807, 2.05) is 27.7 Å². The van der Waals surface area contributed by atoms with Crippen molar-refractivity contribution in [2.75, 3.05) is 7.11 Å². The van der Waals surface area contributed by atoms with Crippen LogP contribution in [0.25, 0.3) is 22.2 Å². The van der Waals surface area contributed by atoms with E-state index in [9.17, 15) is 27.5 Å². The Bertz CT molecular complexity index is 1380. The molecule has 0 radical (unpaired) electrons. The Balaban J connectivity index is 1.95. The molecule has 4 rings (SSSR count). The van der Waals surface area contributed by atoms with Crippen molar-refractivity contribution in [1.82, 2.24) is 9.78 Å². The number of aromatic carboxylic acids is 1. The van der Waals surface area contributed by atoms with Crippen molar-refractivity contribution in [2.24, 2.45) is 7.05 Å². The molecule has 0 amide bonds. The van der Waals surface area contributed by atoms with Crippen LogP contribution in [-0.4, -0.2) is 59.5 Å². The maximum Gasteiger partial charge on any atom is 0.495 e. The van der Waals surface area contributed by atoms with Crippen molar-refractivity contribution >= 4 is 29.5 Å². The SMILES string of the molecule is COc1cc(-c2c3c(OC(F)F)cc(B4OC(C)(C)C(C)(C)O4)cc3nn2C)cc(OC(F)F)c1C(=O)O. The number of aromatic nitrogens is 2. The molecule has 2 aromatic carbocycles. The lowest BCUT2D eigenvalue weighted by molar-refractivity contribution is -0.0507. The van der Waals surface area contributed by atoms with Crippen LogP contribution in [0.1, 0.15) is 38.1 Å². The number of hydrogen-bond acceptors (Lipinski definition) is 7. The second-order valence-electron chi connectivity index (χ2n) is 9.59. The van der Waals surface area contributed by atoms with Gasteiger partial charge in [0.05, 0.1) is 34.9 Å². The Kier molecular flexibility index (Phi) is 6.99. The molecule has 1 saturated heterocycles. The molecule has 1 aromatic heterocycles. The lowest BCUT2D eigenvalue weighted by atomic mass is 9.78. The van der Waals surface area contributed by atoms with E-state index in [4.69, 9.17) is 18.8 Å². The minimum Gasteiger partial charge on any atom is -0.496 e. The third-order valence-corrected chi connectivity index (χ3v) is 6.65. The summed E-state index contributed by atoms with van der Waals surface area (Å²) in [6.07, 6.45) is 0. The van der Waals surface area contributed by atoms with Gasteiger partial charge in [-0.25, -0.2) is 4.79 Å². The van der Waals surface area contributed by atoms with E-state index in [2.05, 4.69) is 9.84 Å². The van der Waals surface area contributed by atoms with Crippen molar-refractivity contribution in [1.29, 1.82) is 0 Å². The molecule has 204 valence electrons. The number of hydrogen-bond donors (Lipinski definition) is 1. The Hall–Kier alpha value is -3.52. The monoisotopic (exact) mass is 540 g/mol. The fourth-order valence-corrected chi connectivity index (χ4v) is 4.23. The van der Waals surface area contributed by atoms with Crippen LogP contribution in [-0.2, 0) is 16.4 Å². The quantitative estimate of drug-likeness (QED) is 0.331. The third-order valence-electron chi connectivity index (χ3n) is 6.65. The molecule has 9 nitrogen and oxygen atoms in total. The van der Waals surface area contributed by atoms with Crippen LogP contribution in [0.3, 0.4) is 0 Å². The van der Waals surface area contributed by atoms with Gasteiger partial charge in [0.2, 0.25) is 0 Å². The predicted octanol–water partition coefficient (Wildman–Crippen LogP) is 4.45. The second kappa shape index (κ2) is 9.66. The molecule has 38 heavy (non-hydrogen) atoms. The van der Waals surface area contributed by atoms with Crippen LogP contribution in [0.5, 0.6) is 17.2 Å². The molecular formula is C24H25BF4N2O7. The number of halogens is 4. The number of carboxylic acid groups (broad SMARTS) is 1. The highest BCUT2D eigenvalue weighted by Gasteiger charge is 2.52. The third kappa shape index (κ3) is 4.85. The number of rotatable bonds is 8. The molecule has 2 heterocycles. The molecule has 0 atom stereocenters. The molecule has 0 saturated carbocycles. The van der Waals surface area contributed by atoms with Gasteiger partial charge in [0, 0.05) is 12.6 Å². The van der Waals surface area contributed by atoms with Gasteiger partial charge in [0.15, 0.2) is 0 Å². The minimum atomic E-state index is -3.34. The zero-order valence-electron chi connectivity index (χ0n) is 21.3. The zero-order chi connectivity index (χ0) is 28.2. The van der Waals surface area contributed by atoms with Crippen molar-refractivity contribution in [3.05, 3.63) is 29.8 Å². The number of ether oxygens (including phenoxy) is 3.